The summed E-state index contributed by atoms with van der Waals surface area (Å²) in [4.78, 5) is 11.5. The molecule has 1 N–H and O–H groups in total. The Morgan fingerprint density at radius 2 is 2.07 bits per heavy atom. The first-order valence-corrected chi connectivity index (χ1v) is 5.42. The lowest BCUT2D eigenvalue weighted by molar-refractivity contribution is 0.0502. The molecule has 0 spiro atoms. The molecule has 2 unspecified atom stereocenters. The molecule has 0 saturated heterocycles. The zero-order valence-corrected chi connectivity index (χ0v) is 10.5. The van der Waals surface area contributed by atoms with E-state index in [1.165, 1.54) is 0 Å². The number of carbonyl (C=O) groups is 1. The molecule has 3 nitrogen and oxygen atoms in total. The molecule has 0 heterocycles. The van der Waals surface area contributed by atoms with Gasteiger partial charge in [0.1, 0.15) is 5.60 Å². The van der Waals surface area contributed by atoms with Crippen molar-refractivity contribution in [1.82, 2.24) is 5.32 Å². The summed E-state index contributed by atoms with van der Waals surface area (Å²) in [5.74, 6) is 0.370. The standard InChI is InChI=1S/C12H23NO2/c1-7-9(3)10(8-2)13-11(14)15-12(4,5)6/h8-10H,2,7H2,1,3-6H3,(H,13,14). The zero-order chi connectivity index (χ0) is 12.1. The van der Waals surface area contributed by atoms with Gasteiger partial charge in [-0.2, -0.15) is 0 Å². The number of hydrogen-bond acceptors (Lipinski definition) is 2. The van der Waals surface area contributed by atoms with Crippen LogP contribution in [0.5, 0.6) is 0 Å². The van der Waals surface area contributed by atoms with Gasteiger partial charge in [-0.15, -0.1) is 6.58 Å². The molecular formula is C12H23NO2. The second-order valence-electron chi connectivity index (χ2n) is 4.79. The third kappa shape index (κ3) is 6.15. The van der Waals surface area contributed by atoms with Crippen LogP contribution in [0.2, 0.25) is 0 Å². The minimum atomic E-state index is -0.453. The van der Waals surface area contributed by atoms with E-state index in [-0.39, 0.29) is 12.1 Å². The Morgan fingerprint density at radius 3 is 2.40 bits per heavy atom. The average molecular weight is 213 g/mol. The Morgan fingerprint density at radius 1 is 1.53 bits per heavy atom. The molecule has 0 aliphatic carbocycles. The SMILES string of the molecule is C=CC(NC(=O)OC(C)(C)C)C(C)CC. The minimum Gasteiger partial charge on any atom is -0.444 e. The summed E-state index contributed by atoms with van der Waals surface area (Å²) in [7, 11) is 0. The van der Waals surface area contributed by atoms with Crippen LogP contribution in [0.4, 0.5) is 4.79 Å². The number of hydrogen-bond donors (Lipinski definition) is 1. The molecule has 0 radical (unpaired) electrons. The fourth-order valence-electron chi connectivity index (χ4n) is 1.13. The highest BCUT2D eigenvalue weighted by atomic mass is 16.6. The molecule has 0 aliphatic rings. The molecule has 1 amide bonds. The van der Waals surface area contributed by atoms with Crippen molar-refractivity contribution in [3.05, 3.63) is 12.7 Å². The van der Waals surface area contributed by atoms with E-state index < -0.39 is 5.60 Å². The van der Waals surface area contributed by atoms with E-state index in [2.05, 4.69) is 25.7 Å². The lowest BCUT2D eigenvalue weighted by atomic mass is 10.00. The summed E-state index contributed by atoms with van der Waals surface area (Å²) < 4.78 is 5.17. The van der Waals surface area contributed by atoms with Crippen molar-refractivity contribution in [2.24, 2.45) is 5.92 Å². The van der Waals surface area contributed by atoms with Crippen molar-refractivity contribution in [2.45, 2.75) is 52.7 Å². The van der Waals surface area contributed by atoms with Crippen molar-refractivity contribution < 1.29 is 9.53 Å². The number of nitrogens with one attached hydrogen (secondary N) is 1. The van der Waals surface area contributed by atoms with Gasteiger partial charge in [0.15, 0.2) is 0 Å². The smallest absolute Gasteiger partial charge is 0.408 e. The second kappa shape index (κ2) is 5.79. The van der Waals surface area contributed by atoms with Crippen LogP contribution in [0.25, 0.3) is 0 Å². The third-order valence-electron chi connectivity index (χ3n) is 2.19. The maximum atomic E-state index is 11.5. The molecule has 0 bridgehead atoms. The predicted octanol–water partition coefficient (Wildman–Crippen LogP) is 3.11. The van der Waals surface area contributed by atoms with Crippen molar-refractivity contribution in [3.63, 3.8) is 0 Å². The first kappa shape index (κ1) is 14.0. The van der Waals surface area contributed by atoms with E-state index in [4.69, 9.17) is 4.74 Å². The quantitative estimate of drug-likeness (QED) is 0.729. The minimum absolute atomic E-state index is 0.0233. The van der Waals surface area contributed by atoms with E-state index in [1.807, 2.05) is 20.8 Å². The van der Waals surface area contributed by atoms with Gasteiger partial charge in [-0.05, 0) is 26.7 Å². The molecular weight excluding hydrogens is 190 g/mol. The van der Waals surface area contributed by atoms with Gasteiger partial charge in [0.25, 0.3) is 0 Å². The molecule has 0 aromatic carbocycles. The Bertz CT molecular complexity index is 218. The van der Waals surface area contributed by atoms with Crippen LogP contribution in [0.3, 0.4) is 0 Å². The molecule has 15 heavy (non-hydrogen) atoms. The van der Waals surface area contributed by atoms with Gasteiger partial charge in [-0.3, -0.25) is 0 Å². The van der Waals surface area contributed by atoms with Crippen molar-refractivity contribution in [2.75, 3.05) is 0 Å². The van der Waals surface area contributed by atoms with Gasteiger partial charge in [-0.1, -0.05) is 26.3 Å². The van der Waals surface area contributed by atoms with E-state index in [0.717, 1.165) is 6.42 Å². The summed E-state index contributed by atoms with van der Waals surface area (Å²) in [6.07, 6.45) is 2.36. The van der Waals surface area contributed by atoms with Crippen LogP contribution in [0, 0.1) is 5.92 Å². The summed E-state index contributed by atoms with van der Waals surface area (Å²) in [5, 5.41) is 2.79. The Labute approximate surface area is 92.9 Å². The molecule has 0 aliphatic heterocycles. The maximum Gasteiger partial charge on any atom is 0.408 e. The Balaban J connectivity index is 4.19. The molecule has 0 aromatic heterocycles. The van der Waals surface area contributed by atoms with Crippen molar-refractivity contribution >= 4 is 6.09 Å². The number of amides is 1. The first-order chi connectivity index (χ1) is 6.80. The van der Waals surface area contributed by atoms with Crippen molar-refractivity contribution in [1.29, 1.82) is 0 Å². The average Bonchev–Trinajstić information content (AvgIpc) is 2.10. The highest BCUT2D eigenvalue weighted by Gasteiger charge is 2.20. The largest absolute Gasteiger partial charge is 0.444 e. The molecule has 0 saturated carbocycles. The summed E-state index contributed by atoms with van der Waals surface area (Å²) >= 11 is 0. The number of carbonyl (C=O) groups excluding carboxylic acids is 1. The first-order valence-electron chi connectivity index (χ1n) is 5.42. The number of ether oxygens (including phenoxy) is 1. The Kier molecular flexibility index (Phi) is 5.40. The van der Waals surface area contributed by atoms with Crippen LogP contribution >= 0.6 is 0 Å². The van der Waals surface area contributed by atoms with Crippen LogP contribution in [0.15, 0.2) is 12.7 Å². The normalized spacial score (nSPS) is 15.3. The Hall–Kier alpha value is -0.990. The van der Waals surface area contributed by atoms with Gasteiger partial charge < -0.3 is 10.1 Å². The maximum absolute atomic E-state index is 11.5. The molecule has 0 fully saturated rings. The van der Waals surface area contributed by atoms with Gasteiger partial charge in [0, 0.05) is 0 Å². The number of rotatable bonds is 4. The van der Waals surface area contributed by atoms with Crippen LogP contribution < -0.4 is 5.32 Å². The molecule has 0 rings (SSSR count). The van der Waals surface area contributed by atoms with Crippen LogP contribution in [-0.4, -0.2) is 17.7 Å². The lowest BCUT2D eigenvalue weighted by Gasteiger charge is -2.24. The van der Waals surface area contributed by atoms with E-state index in [0.29, 0.717) is 5.92 Å². The van der Waals surface area contributed by atoms with E-state index in [1.54, 1.807) is 6.08 Å². The van der Waals surface area contributed by atoms with Crippen LogP contribution in [0.1, 0.15) is 41.0 Å². The molecule has 88 valence electrons. The predicted molar refractivity (Wildman–Crippen MR) is 62.8 cm³/mol. The second-order valence-corrected chi connectivity index (χ2v) is 4.79. The van der Waals surface area contributed by atoms with Crippen LogP contribution in [-0.2, 0) is 4.74 Å². The third-order valence-corrected chi connectivity index (χ3v) is 2.19. The topological polar surface area (TPSA) is 38.3 Å². The summed E-state index contributed by atoms with van der Waals surface area (Å²) in [6, 6.07) is -0.0233. The fraction of sp³-hybridized carbons (Fsp3) is 0.750. The van der Waals surface area contributed by atoms with Gasteiger partial charge >= 0.3 is 6.09 Å². The summed E-state index contributed by atoms with van der Waals surface area (Å²) in [6.45, 7) is 13.4. The van der Waals surface area contributed by atoms with E-state index >= 15 is 0 Å². The highest BCUT2D eigenvalue weighted by Crippen LogP contribution is 2.11. The highest BCUT2D eigenvalue weighted by molar-refractivity contribution is 5.68. The van der Waals surface area contributed by atoms with Gasteiger partial charge in [-0.25, -0.2) is 4.79 Å². The zero-order valence-electron chi connectivity index (χ0n) is 10.5. The summed E-state index contributed by atoms with van der Waals surface area (Å²) in [5.41, 5.74) is -0.453. The van der Waals surface area contributed by atoms with Gasteiger partial charge in [0.2, 0.25) is 0 Å². The van der Waals surface area contributed by atoms with Gasteiger partial charge in [0.05, 0.1) is 6.04 Å². The lowest BCUT2D eigenvalue weighted by Crippen LogP contribution is -2.41. The van der Waals surface area contributed by atoms with E-state index in [9.17, 15) is 4.79 Å². The fourth-order valence-corrected chi connectivity index (χ4v) is 1.13. The molecule has 3 heteroatoms. The molecule has 2 atom stereocenters. The monoisotopic (exact) mass is 213 g/mol. The van der Waals surface area contributed by atoms with Crippen molar-refractivity contribution in [3.8, 4) is 0 Å². The number of alkyl carbamates (subject to hydrolysis) is 1. The molecule has 0 aromatic rings.